The molecule has 0 bridgehead atoms. The van der Waals surface area contributed by atoms with Gasteiger partial charge in [0, 0.05) is 28.3 Å². The smallest absolute Gasteiger partial charge is 0.0732 e. The van der Waals surface area contributed by atoms with Gasteiger partial charge in [0.1, 0.15) is 0 Å². The minimum Gasteiger partial charge on any atom is -0.314 e. The summed E-state index contributed by atoms with van der Waals surface area (Å²) in [6.45, 7) is 5.23. The Morgan fingerprint density at radius 1 is 1.44 bits per heavy atom. The maximum Gasteiger partial charge on any atom is 0.0732 e. The molecule has 2 N–H and O–H groups in total. The Bertz CT molecular complexity index is 437. The summed E-state index contributed by atoms with van der Waals surface area (Å²) in [6.07, 6.45) is 2.29. The first-order valence-electron chi connectivity index (χ1n) is 6.35. The van der Waals surface area contributed by atoms with Crippen molar-refractivity contribution < 1.29 is 0 Å². The molecular formula is C14H20N2S2. The lowest BCUT2D eigenvalue weighted by molar-refractivity contribution is 0.383. The Kier molecular flexibility index (Phi) is 4.76. The number of benzene rings is 1. The minimum atomic E-state index is 0.370. The van der Waals surface area contributed by atoms with Crippen molar-refractivity contribution in [1.82, 2.24) is 5.32 Å². The van der Waals surface area contributed by atoms with Crippen LogP contribution in [-0.4, -0.2) is 17.6 Å². The Balaban J connectivity index is 2.00. The van der Waals surface area contributed by atoms with Crippen molar-refractivity contribution in [3.8, 4) is 0 Å². The van der Waals surface area contributed by atoms with E-state index in [-0.39, 0.29) is 0 Å². The Labute approximate surface area is 119 Å². The molecule has 18 heavy (non-hydrogen) atoms. The molecule has 0 radical (unpaired) electrons. The molecule has 0 amide bonds. The van der Waals surface area contributed by atoms with E-state index in [1.54, 1.807) is 11.8 Å². The summed E-state index contributed by atoms with van der Waals surface area (Å²) in [5.41, 5.74) is 1.22. The Morgan fingerprint density at radius 3 is 2.89 bits per heavy atom. The van der Waals surface area contributed by atoms with Gasteiger partial charge in [0.15, 0.2) is 0 Å². The fourth-order valence-corrected chi connectivity index (χ4v) is 3.43. The summed E-state index contributed by atoms with van der Waals surface area (Å²) in [7, 11) is 0. The van der Waals surface area contributed by atoms with Crippen LogP contribution in [0.15, 0.2) is 28.0 Å². The maximum absolute atomic E-state index is 8.25. The molecule has 98 valence electrons. The molecule has 1 aliphatic rings. The van der Waals surface area contributed by atoms with Crippen LogP contribution in [0.2, 0.25) is 0 Å². The normalized spacial score (nSPS) is 23.9. The molecule has 1 aromatic carbocycles. The third-order valence-corrected chi connectivity index (χ3v) is 4.91. The summed E-state index contributed by atoms with van der Waals surface area (Å²) < 4.78 is 0. The summed E-state index contributed by atoms with van der Waals surface area (Å²) in [4.78, 5) is 2.12. The van der Waals surface area contributed by atoms with Crippen LogP contribution in [0.5, 0.6) is 0 Å². The number of nitrogens with one attached hydrogen (secondary N) is 2. The summed E-state index contributed by atoms with van der Waals surface area (Å²) >= 11 is 5.95. The average Bonchev–Trinajstić information content (AvgIpc) is 2.34. The zero-order valence-electron chi connectivity index (χ0n) is 10.9. The van der Waals surface area contributed by atoms with Crippen LogP contribution in [0.1, 0.15) is 25.3 Å². The molecule has 2 nitrogen and oxygen atoms in total. The van der Waals surface area contributed by atoms with Crippen LogP contribution in [0, 0.1) is 18.3 Å². The summed E-state index contributed by atoms with van der Waals surface area (Å²) in [6, 6.07) is 6.72. The highest BCUT2D eigenvalue weighted by atomic mass is 32.2. The lowest BCUT2D eigenvalue weighted by Crippen LogP contribution is -2.39. The van der Waals surface area contributed by atoms with Crippen molar-refractivity contribution in [1.29, 1.82) is 5.41 Å². The number of thiol groups is 1. The van der Waals surface area contributed by atoms with E-state index in [0.717, 1.165) is 27.8 Å². The number of hydrogen-bond donors (Lipinski definition) is 3. The van der Waals surface area contributed by atoms with Crippen LogP contribution in [0.25, 0.3) is 0 Å². The van der Waals surface area contributed by atoms with Crippen LogP contribution in [-0.2, 0) is 0 Å². The molecule has 1 saturated heterocycles. The third kappa shape index (κ3) is 3.53. The van der Waals surface area contributed by atoms with Crippen LogP contribution in [0.3, 0.4) is 0 Å². The largest absolute Gasteiger partial charge is 0.314 e. The van der Waals surface area contributed by atoms with Crippen molar-refractivity contribution in [2.45, 2.75) is 42.5 Å². The highest BCUT2D eigenvalue weighted by Gasteiger charge is 2.22. The first kappa shape index (κ1) is 14.0. The minimum absolute atomic E-state index is 0.370. The second-order valence-corrected chi connectivity index (χ2v) is 6.60. The van der Waals surface area contributed by atoms with Gasteiger partial charge in [0.05, 0.1) is 5.04 Å². The average molecular weight is 280 g/mol. The van der Waals surface area contributed by atoms with E-state index in [4.69, 9.17) is 5.41 Å². The van der Waals surface area contributed by atoms with E-state index in [1.165, 1.54) is 12.0 Å². The number of rotatable bonds is 2. The first-order valence-corrected chi connectivity index (χ1v) is 7.62. The molecule has 1 aromatic rings. The number of hydrogen-bond acceptors (Lipinski definition) is 4. The highest BCUT2D eigenvalue weighted by Crippen LogP contribution is 2.30. The Hall–Kier alpha value is -0.450. The standard InChI is InChI=1S/C14H20N2S2/c1-9-3-6-12(17)7-13(9)18-14(15)11-5-4-10(2)16-8-11/h3,6-7,10-11,15-17H,4-5,8H2,1-2H3. The number of thioether (sulfide) groups is 1. The van der Waals surface area contributed by atoms with Crippen molar-refractivity contribution in [2.75, 3.05) is 6.54 Å². The fraction of sp³-hybridized carbons (Fsp3) is 0.500. The lowest BCUT2D eigenvalue weighted by atomic mass is 9.96. The molecule has 1 heterocycles. The zero-order valence-corrected chi connectivity index (χ0v) is 12.6. The van der Waals surface area contributed by atoms with Gasteiger partial charge >= 0.3 is 0 Å². The lowest BCUT2D eigenvalue weighted by Gasteiger charge is -2.27. The van der Waals surface area contributed by atoms with Crippen molar-refractivity contribution in [2.24, 2.45) is 5.92 Å². The van der Waals surface area contributed by atoms with E-state index in [2.05, 4.69) is 43.9 Å². The molecule has 0 saturated carbocycles. The molecular weight excluding hydrogens is 260 g/mol. The van der Waals surface area contributed by atoms with Gasteiger partial charge in [-0.2, -0.15) is 0 Å². The van der Waals surface area contributed by atoms with Gasteiger partial charge in [0.25, 0.3) is 0 Å². The molecule has 1 aliphatic heterocycles. The summed E-state index contributed by atoms with van der Waals surface area (Å²) in [5.74, 6) is 0.370. The zero-order chi connectivity index (χ0) is 13.1. The van der Waals surface area contributed by atoms with Crippen molar-refractivity contribution in [3.05, 3.63) is 23.8 Å². The molecule has 1 fully saturated rings. The molecule has 2 rings (SSSR count). The van der Waals surface area contributed by atoms with Gasteiger partial charge in [-0.3, -0.25) is 5.41 Å². The van der Waals surface area contributed by atoms with E-state index < -0.39 is 0 Å². The number of aryl methyl sites for hydroxylation is 1. The van der Waals surface area contributed by atoms with Crippen LogP contribution in [0.4, 0.5) is 0 Å². The van der Waals surface area contributed by atoms with Gasteiger partial charge in [0.2, 0.25) is 0 Å². The predicted molar refractivity (Wildman–Crippen MR) is 82.2 cm³/mol. The monoisotopic (exact) mass is 280 g/mol. The first-order chi connectivity index (χ1) is 8.56. The van der Waals surface area contributed by atoms with E-state index in [1.807, 2.05) is 6.07 Å². The molecule has 4 heteroatoms. The second-order valence-electron chi connectivity index (χ2n) is 5.00. The summed E-state index contributed by atoms with van der Waals surface area (Å²) in [5, 5.41) is 12.5. The van der Waals surface area contributed by atoms with Crippen LogP contribution < -0.4 is 5.32 Å². The topological polar surface area (TPSA) is 35.9 Å². The third-order valence-electron chi connectivity index (χ3n) is 3.42. The van der Waals surface area contributed by atoms with E-state index >= 15 is 0 Å². The molecule has 0 spiro atoms. The SMILES string of the molecule is Cc1ccc(S)cc1SC(=N)C1CCC(C)NC1. The highest BCUT2D eigenvalue weighted by molar-refractivity contribution is 8.14. The molecule has 0 aliphatic carbocycles. The quantitative estimate of drug-likeness (QED) is 0.334. The maximum atomic E-state index is 8.25. The van der Waals surface area contributed by atoms with Gasteiger partial charge in [-0.15, -0.1) is 12.6 Å². The second kappa shape index (κ2) is 6.13. The van der Waals surface area contributed by atoms with Crippen molar-refractivity contribution >= 4 is 29.4 Å². The van der Waals surface area contributed by atoms with Gasteiger partial charge in [-0.05, 0) is 44.4 Å². The van der Waals surface area contributed by atoms with Gasteiger partial charge in [-0.25, -0.2) is 0 Å². The van der Waals surface area contributed by atoms with Crippen molar-refractivity contribution in [3.63, 3.8) is 0 Å². The molecule has 2 atom stereocenters. The van der Waals surface area contributed by atoms with Gasteiger partial charge < -0.3 is 5.32 Å². The Morgan fingerprint density at radius 2 is 2.22 bits per heavy atom. The van der Waals surface area contributed by atoms with Gasteiger partial charge in [-0.1, -0.05) is 17.8 Å². The fourth-order valence-electron chi connectivity index (χ4n) is 2.12. The molecule has 0 aromatic heterocycles. The van der Waals surface area contributed by atoms with Crippen LogP contribution >= 0.6 is 24.4 Å². The van der Waals surface area contributed by atoms with E-state index in [0.29, 0.717) is 12.0 Å². The molecule has 2 unspecified atom stereocenters. The van der Waals surface area contributed by atoms with E-state index in [9.17, 15) is 0 Å². The number of piperidine rings is 1. The predicted octanol–water partition coefficient (Wildman–Crippen LogP) is 3.74.